The van der Waals surface area contributed by atoms with Crippen LogP contribution in [0.5, 0.6) is 0 Å². The van der Waals surface area contributed by atoms with E-state index in [0.29, 0.717) is 16.8 Å². The average Bonchev–Trinajstić information content (AvgIpc) is 2.95. The first-order valence-electron chi connectivity index (χ1n) is 4.99. The van der Waals surface area contributed by atoms with Gasteiger partial charge >= 0.3 is 0 Å². The van der Waals surface area contributed by atoms with Crippen LogP contribution in [0.15, 0.2) is 18.2 Å². The van der Waals surface area contributed by atoms with Gasteiger partial charge in [0.2, 0.25) is 0 Å². The molecule has 0 amide bonds. The molecule has 2 rings (SSSR count). The first kappa shape index (κ1) is 9.66. The van der Waals surface area contributed by atoms with Crippen LogP contribution in [0.25, 0.3) is 0 Å². The first-order chi connectivity index (χ1) is 6.68. The van der Waals surface area contributed by atoms with Gasteiger partial charge in [-0.2, -0.15) is 0 Å². The molecule has 0 radical (unpaired) electrons. The second-order valence-electron chi connectivity index (χ2n) is 3.97. The third kappa shape index (κ3) is 1.95. The summed E-state index contributed by atoms with van der Waals surface area (Å²) in [5.41, 5.74) is 7.47. The van der Waals surface area contributed by atoms with Crippen LogP contribution in [0.1, 0.15) is 19.8 Å². The summed E-state index contributed by atoms with van der Waals surface area (Å²) in [4.78, 5) is 0. The van der Waals surface area contributed by atoms with E-state index in [1.807, 2.05) is 18.2 Å². The number of hydrogen-bond donors (Lipinski definition) is 2. The number of nitrogen functional groups attached to an aromatic ring is 1. The van der Waals surface area contributed by atoms with Crippen LogP contribution in [-0.2, 0) is 0 Å². The van der Waals surface area contributed by atoms with Gasteiger partial charge in [0.05, 0.1) is 16.4 Å². The Labute approximate surface area is 89.4 Å². The van der Waals surface area contributed by atoms with Crippen LogP contribution >= 0.6 is 11.6 Å². The Kier molecular flexibility index (Phi) is 2.55. The number of benzene rings is 1. The summed E-state index contributed by atoms with van der Waals surface area (Å²) in [6.07, 6.45) is 2.66. The van der Waals surface area contributed by atoms with Crippen LogP contribution in [0.2, 0.25) is 5.02 Å². The van der Waals surface area contributed by atoms with Gasteiger partial charge in [-0.05, 0) is 37.8 Å². The molecular formula is C11H15ClN2. The predicted octanol–water partition coefficient (Wildman–Crippen LogP) is 3.13. The highest BCUT2D eigenvalue weighted by Gasteiger charge is 2.28. The van der Waals surface area contributed by atoms with Crippen molar-refractivity contribution in [3.05, 3.63) is 23.2 Å². The van der Waals surface area contributed by atoms with Crippen LogP contribution < -0.4 is 11.1 Å². The molecule has 1 fully saturated rings. The molecule has 3 heteroatoms. The van der Waals surface area contributed by atoms with Crippen molar-refractivity contribution >= 4 is 23.0 Å². The van der Waals surface area contributed by atoms with Gasteiger partial charge < -0.3 is 11.1 Å². The SMILES string of the molecule is CC(Nc1cccc(Cl)c1N)C1CC1. The van der Waals surface area contributed by atoms with Crippen molar-refractivity contribution in [1.29, 1.82) is 0 Å². The van der Waals surface area contributed by atoms with Gasteiger partial charge in [0, 0.05) is 6.04 Å². The third-order valence-electron chi connectivity index (χ3n) is 2.77. The summed E-state index contributed by atoms with van der Waals surface area (Å²) in [5, 5.41) is 4.03. The largest absolute Gasteiger partial charge is 0.396 e. The average molecular weight is 211 g/mol. The maximum absolute atomic E-state index is 5.93. The smallest absolute Gasteiger partial charge is 0.0739 e. The van der Waals surface area contributed by atoms with Gasteiger partial charge in [0.1, 0.15) is 0 Å². The van der Waals surface area contributed by atoms with Crippen molar-refractivity contribution in [2.75, 3.05) is 11.1 Å². The number of halogens is 1. The van der Waals surface area contributed by atoms with E-state index in [2.05, 4.69) is 12.2 Å². The van der Waals surface area contributed by atoms with Gasteiger partial charge in [-0.15, -0.1) is 0 Å². The molecule has 0 aromatic heterocycles. The molecule has 1 aliphatic carbocycles. The minimum absolute atomic E-state index is 0.496. The second kappa shape index (κ2) is 3.70. The fourth-order valence-electron chi connectivity index (χ4n) is 1.62. The number of para-hydroxylation sites is 1. The Morgan fingerprint density at radius 3 is 2.86 bits per heavy atom. The Hall–Kier alpha value is -0.890. The maximum Gasteiger partial charge on any atom is 0.0739 e. The minimum atomic E-state index is 0.496. The molecule has 0 saturated heterocycles. The molecule has 76 valence electrons. The molecule has 1 aliphatic rings. The zero-order valence-electron chi connectivity index (χ0n) is 8.26. The molecule has 0 aliphatic heterocycles. The summed E-state index contributed by atoms with van der Waals surface area (Å²) in [6.45, 7) is 2.19. The lowest BCUT2D eigenvalue weighted by Gasteiger charge is -2.16. The van der Waals surface area contributed by atoms with Gasteiger partial charge in [0.25, 0.3) is 0 Å². The number of anilines is 2. The highest BCUT2D eigenvalue weighted by atomic mass is 35.5. The van der Waals surface area contributed by atoms with E-state index in [1.165, 1.54) is 12.8 Å². The van der Waals surface area contributed by atoms with E-state index >= 15 is 0 Å². The lowest BCUT2D eigenvalue weighted by Crippen LogP contribution is -2.18. The lowest BCUT2D eigenvalue weighted by atomic mass is 10.2. The number of nitrogens with one attached hydrogen (secondary N) is 1. The normalized spacial score (nSPS) is 17.9. The Morgan fingerprint density at radius 2 is 2.21 bits per heavy atom. The summed E-state index contributed by atoms with van der Waals surface area (Å²) < 4.78 is 0. The molecule has 1 aromatic rings. The van der Waals surface area contributed by atoms with Gasteiger partial charge in [0.15, 0.2) is 0 Å². The summed E-state index contributed by atoms with van der Waals surface area (Å²) >= 11 is 5.93. The molecule has 14 heavy (non-hydrogen) atoms. The van der Waals surface area contributed by atoms with Crippen molar-refractivity contribution in [2.45, 2.75) is 25.8 Å². The summed E-state index contributed by atoms with van der Waals surface area (Å²) in [5.74, 6) is 0.813. The fourth-order valence-corrected chi connectivity index (χ4v) is 1.80. The zero-order valence-corrected chi connectivity index (χ0v) is 9.01. The van der Waals surface area contributed by atoms with Crippen LogP contribution in [0.4, 0.5) is 11.4 Å². The summed E-state index contributed by atoms with van der Waals surface area (Å²) in [7, 11) is 0. The highest BCUT2D eigenvalue weighted by Crippen LogP contribution is 2.35. The number of hydrogen-bond acceptors (Lipinski definition) is 2. The Morgan fingerprint density at radius 1 is 1.50 bits per heavy atom. The topological polar surface area (TPSA) is 38.0 Å². The van der Waals surface area contributed by atoms with Gasteiger partial charge in [-0.1, -0.05) is 17.7 Å². The van der Waals surface area contributed by atoms with Crippen molar-refractivity contribution in [1.82, 2.24) is 0 Å². The molecule has 2 nitrogen and oxygen atoms in total. The van der Waals surface area contributed by atoms with Crippen molar-refractivity contribution < 1.29 is 0 Å². The van der Waals surface area contributed by atoms with Crippen LogP contribution in [0, 0.1) is 5.92 Å². The molecule has 0 bridgehead atoms. The van der Waals surface area contributed by atoms with Gasteiger partial charge in [-0.3, -0.25) is 0 Å². The molecule has 1 atom stereocenters. The van der Waals surface area contributed by atoms with Crippen LogP contribution in [-0.4, -0.2) is 6.04 Å². The minimum Gasteiger partial charge on any atom is -0.396 e. The van der Waals surface area contributed by atoms with Crippen molar-refractivity contribution in [3.8, 4) is 0 Å². The van der Waals surface area contributed by atoms with E-state index in [0.717, 1.165) is 11.6 Å². The van der Waals surface area contributed by atoms with E-state index in [1.54, 1.807) is 0 Å². The summed E-state index contributed by atoms with van der Waals surface area (Å²) in [6, 6.07) is 6.20. The third-order valence-corrected chi connectivity index (χ3v) is 3.09. The van der Waals surface area contributed by atoms with E-state index in [9.17, 15) is 0 Å². The molecule has 1 aromatic carbocycles. The molecule has 0 heterocycles. The predicted molar refractivity (Wildman–Crippen MR) is 61.7 cm³/mol. The number of rotatable bonds is 3. The molecule has 0 spiro atoms. The molecule has 3 N–H and O–H groups in total. The fraction of sp³-hybridized carbons (Fsp3) is 0.455. The van der Waals surface area contributed by atoms with Crippen LogP contribution in [0.3, 0.4) is 0 Å². The van der Waals surface area contributed by atoms with E-state index in [-0.39, 0.29) is 0 Å². The molecular weight excluding hydrogens is 196 g/mol. The maximum atomic E-state index is 5.93. The van der Waals surface area contributed by atoms with Crippen molar-refractivity contribution in [3.63, 3.8) is 0 Å². The standard InChI is InChI=1S/C11H15ClN2/c1-7(8-5-6-8)14-10-4-2-3-9(12)11(10)13/h2-4,7-8,14H,5-6,13H2,1H3. The van der Waals surface area contributed by atoms with E-state index in [4.69, 9.17) is 17.3 Å². The molecule has 1 saturated carbocycles. The van der Waals surface area contributed by atoms with Gasteiger partial charge in [-0.25, -0.2) is 0 Å². The second-order valence-corrected chi connectivity index (χ2v) is 4.38. The lowest BCUT2D eigenvalue weighted by molar-refractivity contribution is 0.694. The van der Waals surface area contributed by atoms with Crippen molar-refractivity contribution in [2.24, 2.45) is 5.92 Å². The Bertz CT molecular complexity index is 334. The monoisotopic (exact) mass is 210 g/mol. The number of nitrogens with two attached hydrogens (primary N) is 1. The first-order valence-corrected chi connectivity index (χ1v) is 5.37. The molecule has 1 unspecified atom stereocenters. The quantitative estimate of drug-likeness (QED) is 0.753. The zero-order chi connectivity index (χ0) is 10.1. The highest BCUT2D eigenvalue weighted by molar-refractivity contribution is 6.33. The Balaban J connectivity index is 2.11. The van der Waals surface area contributed by atoms with E-state index < -0.39 is 0 Å².